The second kappa shape index (κ2) is 7.74. The molecule has 0 aliphatic heterocycles. The van der Waals surface area contributed by atoms with E-state index in [-0.39, 0.29) is 0 Å². The molecule has 0 radical (unpaired) electrons. The fourth-order valence-corrected chi connectivity index (χ4v) is 12.5. The maximum Gasteiger partial charge on any atom is 0.465 e. The summed E-state index contributed by atoms with van der Waals surface area (Å²) < 4.78 is 18.0. The van der Waals surface area contributed by atoms with Crippen LogP contribution in [0.2, 0.25) is 32.7 Å². The monoisotopic (exact) mass is 294 g/mol. The molecule has 0 heterocycles. The molecular weight excluding hydrogens is 268 g/mol. The molecule has 0 aromatic rings. The van der Waals surface area contributed by atoms with Gasteiger partial charge in [-0.25, -0.2) is 0 Å². The highest BCUT2D eigenvalue weighted by molar-refractivity contribution is 6.77. The Balaban J connectivity index is 4.35. The number of hydrogen-bond acceptors (Lipinski definition) is 3. The average molecular weight is 295 g/mol. The lowest BCUT2D eigenvalue weighted by Gasteiger charge is -2.30. The van der Waals surface area contributed by atoms with Gasteiger partial charge in [0.2, 0.25) is 0 Å². The number of hydrogen-bond donors (Lipinski definition) is 0. The van der Waals surface area contributed by atoms with Crippen LogP contribution in [0.1, 0.15) is 13.8 Å². The first-order chi connectivity index (χ1) is 7.25. The van der Waals surface area contributed by atoms with Crippen LogP contribution in [0, 0.1) is 0 Å². The first kappa shape index (κ1) is 16.5. The standard InChI is InChI=1S/C9H26O3Si4/c1-9(2)8-13-10-16(7,11-14(3)4)12-15(5)6/h8,14-15H,13H2,1-7H3. The van der Waals surface area contributed by atoms with Crippen molar-refractivity contribution in [3.05, 3.63) is 11.3 Å². The van der Waals surface area contributed by atoms with Crippen molar-refractivity contribution in [1.82, 2.24) is 0 Å². The highest BCUT2D eigenvalue weighted by Crippen LogP contribution is 2.12. The summed E-state index contributed by atoms with van der Waals surface area (Å²) in [6, 6.07) is 0. The van der Waals surface area contributed by atoms with Crippen LogP contribution in [-0.4, -0.2) is 36.6 Å². The van der Waals surface area contributed by atoms with E-state index >= 15 is 0 Å². The fraction of sp³-hybridized carbons (Fsp3) is 0.778. The van der Waals surface area contributed by atoms with E-state index in [1.165, 1.54) is 5.57 Å². The molecule has 3 nitrogen and oxygen atoms in total. The first-order valence-corrected chi connectivity index (χ1v) is 15.1. The van der Waals surface area contributed by atoms with Crippen LogP contribution in [0.25, 0.3) is 0 Å². The minimum Gasteiger partial charge on any atom is -0.420 e. The number of rotatable bonds is 7. The molecule has 0 unspecified atom stereocenters. The summed E-state index contributed by atoms with van der Waals surface area (Å²) in [6.07, 6.45) is 0. The third kappa shape index (κ3) is 8.62. The Morgan fingerprint density at radius 2 is 1.50 bits per heavy atom. The molecule has 0 rings (SSSR count). The Hall–Kier alpha value is 0.488. The summed E-state index contributed by atoms with van der Waals surface area (Å²) >= 11 is 0. The smallest absolute Gasteiger partial charge is 0.420 e. The molecule has 7 heteroatoms. The van der Waals surface area contributed by atoms with Crippen LogP contribution >= 0.6 is 0 Å². The van der Waals surface area contributed by atoms with Crippen molar-refractivity contribution in [2.45, 2.75) is 46.6 Å². The lowest BCUT2D eigenvalue weighted by atomic mass is 10.4. The zero-order valence-corrected chi connectivity index (χ0v) is 16.4. The molecule has 0 bridgehead atoms. The largest absolute Gasteiger partial charge is 0.465 e. The topological polar surface area (TPSA) is 27.7 Å². The average Bonchev–Trinajstić information content (AvgIpc) is 1.98. The van der Waals surface area contributed by atoms with Gasteiger partial charge in [0.1, 0.15) is 0 Å². The van der Waals surface area contributed by atoms with Crippen molar-refractivity contribution in [2.24, 2.45) is 0 Å². The first-order valence-electron chi connectivity index (χ1n) is 5.88. The molecule has 0 spiro atoms. The molecular formula is C9H26O3Si4. The van der Waals surface area contributed by atoms with E-state index in [1.54, 1.807) is 0 Å². The lowest BCUT2D eigenvalue weighted by Crippen LogP contribution is -2.48. The van der Waals surface area contributed by atoms with Gasteiger partial charge >= 0.3 is 8.80 Å². The van der Waals surface area contributed by atoms with E-state index < -0.39 is 36.6 Å². The molecule has 0 atom stereocenters. The molecule has 96 valence electrons. The van der Waals surface area contributed by atoms with Crippen LogP contribution in [0.4, 0.5) is 0 Å². The third-order valence-electron chi connectivity index (χ3n) is 1.74. The highest BCUT2D eigenvalue weighted by atomic mass is 28.5. The van der Waals surface area contributed by atoms with Gasteiger partial charge in [-0.3, -0.25) is 0 Å². The van der Waals surface area contributed by atoms with Crippen molar-refractivity contribution in [2.75, 3.05) is 0 Å². The Labute approximate surface area is 107 Å². The van der Waals surface area contributed by atoms with Crippen molar-refractivity contribution in [3.8, 4) is 0 Å². The zero-order valence-electron chi connectivity index (χ0n) is 11.7. The van der Waals surface area contributed by atoms with Gasteiger partial charge in [-0.1, -0.05) is 11.3 Å². The second-order valence-electron chi connectivity index (χ2n) is 4.79. The van der Waals surface area contributed by atoms with E-state index in [1.807, 2.05) is 0 Å². The molecule has 0 amide bonds. The number of allylic oxidation sites excluding steroid dienone is 1. The van der Waals surface area contributed by atoms with Crippen LogP contribution in [0.5, 0.6) is 0 Å². The maximum atomic E-state index is 6.00. The Morgan fingerprint density at radius 1 is 1.06 bits per heavy atom. The van der Waals surface area contributed by atoms with Crippen LogP contribution in [-0.2, 0) is 12.3 Å². The zero-order chi connectivity index (χ0) is 12.8. The summed E-state index contributed by atoms with van der Waals surface area (Å²) in [6.45, 7) is 14.9. The van der Waals surface area contributed by atoms with Crippen molar-refractivity contribution < 1.29 is 12.3 Å². The Bertz CT molecular complexity index is 217. The van der Waals surface area contributed by atoms with Crippen molar-refractivity contribution in [3.63, 3.8) is 0 Å². The van der Waals surface area contributed by atoms with Crippen LogP contribution in [0.15, 0.2) is 11.3 Å². The van der Waals surface area contributed by atoms with Gasteiger partial charge in [-0.2, -0.15) is 0 Å². The predicted octanol–water partition coefficient (Wildman–Crippen LogP) is 1.58. The third-order valence-corrected chi connectivity index (χ3v) is 12.7. The quantitative estimate of drug-likeness (QED) is 0.667. The second-order valence-corrected chi connectivity index (χ2v) is 14.5. The molecule has 0 aromatic heterocycles. The van der Waals surface area contributed by atoms with Crippen molar-refractivity contribution in [1.29, 1.82) is 0 Å². The summed E-state index contributed by atoms with van der Waals surface area (Å²) in [5, 5.41) is 0. The van der Waals surface area contributed by atoms with Crippen molar-refractivity contribution >= 4 is 36.6 Å². The van der Waals surface area contributed by atoms with E-state index in [2.05, 4.69) is 52.3 Å². The van der Waals surface area contributed by atoms with E-state index in [0.29, 0.717) is 0 Å². The molecule has 0 fully saturated rings. The Morgan fingerprint density at radius 3 is 1.81 bits per heavy atom. The minimum atomic E-state index is -2.30. The predicted molar refractivity (Wildman–Crippen MR) is 80.6 cm³/mol. The highest BCUT2D eigenvalue weighted by Gasteiger charge is 2.35. The molecule has 0 saturated carbocycles. The molecule has 0 aromatic carbocycles. The molecule has 0 N–H and O–H groups in total. The van der Waals surface area contributed by atoms with Gasteiger partial charge in [0.15, 0.2) is 27.8 Å². The van der Waals surface area contributed by atoms with Gasteiger partial charge in [0.05, 0.1) is 0 Å². The SMILES string of the molecule is CC(C)=C[SiH2]O[Si](C)(O[SiH](C)C)O[SiH](C)C. The minimum absolute atomic E-state index is 0.632. The van der Waals surface area contributed by atoms with E-state index in [0.717, 1.165) is 0 Å². The summed E-state index contributed by atoms with van der Waals surface area (Å²) in [4.78, 5) is 0. The summed E-state index contributed by atoms with van der Waals surface area (Å²) in [5.41, 5.74) is 3.54. The van der Waals surface area contributed by atoms with Gasteiger partial charge in [-0.05, 0) is 40.0 Å². The van der Waals surface area contributed by atoms with E-state index in [4.69, 9.17) is 12.3 Å². The summed E-state index contributed by atoms with van der Waals surface area (Å²) in [5.74, 6) is 0. The van der Waals surface area contributed by atoms with Crippen LogP contribution < -0.4 is 0 Å². The Kier molecular flexibility index (Phi) is 7.98. The molecule has 16 heavy (non-hydrogen) atoms. The molecule has 0 aliphatic rings. The van der Waals surface area contributed by atoms with Crippen LogP contribution in [0.3, 0.4) is 0 Å². The van der Waals surface area contributed by atoms with E-state index in [9.17, 15) is 0 Å². The molecule has 0 aliphatic carbocycles. The summed E-state index contributed by atoms with van der Waals surface area (Å²) in [7, 11) is -5.11. The van der Waals surface area contributed by atoms with Gasteiger partial charge in [0.25, 0.3) is 0 Å². The lowest BCUT2D eigenvalue weighted by molar-refractivity contribution is 0.285. The fourth-order valence-electron chi connectivity index (χ4n) is 1.31. The molecule has 0 saturated heterocycles. The van der Waals surface area contributed by atoms with Gasteiger partial charge < -0.3 is 12.3 Å². The van der Waals surface area contributed by atoms with Gasteiger partial charge in [-0.15, -0.1) is 0 Å². The van der Waals surface area contributed by atoms with Gasteiger partial charge in [0, 0.05) is 6.55 Å². The maximum absolute atomic E-state index is 6.00. The normalized spacial score (nSPS) is 13.1.